The summed E-state index contributed by atoms with van der Waals surface area (Å²) in [5.41, 5.74) is 2.87. The topological polar surface area (TPSA) is 57.1 Å². The molecule has 7 aromatic carbocycles. The van der Waals surface area contributed by atoms with E-state index in [-0.39, 0.29) is 0 Å². The van der Waals surface area contributed by atoms with Gasteiger partial charge in [0.2, 0.25) is 6.33 Å². The summed E-state index contributed by atoms with van der Waals surface area (Å²) < 4.78 is 44.3. The van der Waals surface area contributed by atoms with Crippen molar-refractivity contribution in [2.75, 3.05) is 6.61 Å². The highest BCUT2D eigenvalue weighted by atomic mass is 31.2. The van der Waals surface area contributed by atoms with Gasteiger partial charge < -0.3 is 18.4 Å². The van der Waals surface area contributed by atoms with Gasteiger partial charge in [-0.25, -0.2) is 9.13 Å². The van der Waals surface area contributed by atoms with Crippen LogP contribution in [0.3, 0.4) is 0 Å². The zero-order valence-electron chi connectivity index (χ0n) is 33.8. The molecular formula is C52H48N3O3P2+. The highest BCUT2D eigenvalue weighted by Crippen LogP contribution is 2.46. The monoisotopic (exact) mass is 824 g/mol. The molecule has 0 aliphatic rings. The van der Waals surface area contributed by atoms with Crippen molar-refractivity contribution >= 4 is 67.9 Å². The van der Waals surface area contributed by atoms with E-state index in [1.807, 2.05) is 153 Å². The smallest absolute Gasteiger partial charge is 0.243 e. The summed E-state index contributed by atoms with van der Waals surface area (Å²) in [7, 11) is -4.54. The maximum Gasteiger partial charge on any atom is 0.243 e. The SMILES string of the molecule is C[n+]1ccn(CCCCCCOc2cccc(-n3c4ccc(P(=O)(c5ccccc5)c5ccccc5)cc4c4cc(P(=O)(c5ccccc5)c5ccccc5)ccc43)c2)c1. The first-order valence-corrected chi connectivity index (χ1v) is 24.1. The Bertz CT molecular complexity index is 2740. The normalized spacial score (nSPS) is 11.9. The van der Waals surface area contributed by atoms with E-state index in [0.29, 0.717) is 6.61 Å². The lowest BCUT2D eigenvalue weighted by Gasteiger charge is -2.20. The molecule has 0 fully saturated rings. The van der Waals surface area contributed by atoms with E-state index >= 15 is 9.13 Å². The second-order valence-corrected chi connectivity index (χ2v) is 20.9. The van der Waals surface area contributed by atoms with Gasteiger partial charge in [-0.1, -0.05) is 127 Å². The van der Waals surface area contributed by atoms with Gasteiger partial charge in [-0.15, -0.1) is 0 Å². The largest absolute Gasteiger partial charge is 0.494 e. The van der Waals surface area contributed by atoms with E-state index in [4.69, 9.17) is 4.74 Å². The van der Waals surface area contributed by atoms with Gasteiger partial charge in [-0.2, -0.15) is 0 Å². The number of nitrogens with zero attached hydrogens (tertiary/aromatic N) is 3. The number of unbranched alkanes of at least 4 members (excludes halogenated alkanes) is 3. The van der Waals surface area contributed by atoms with Crippen LogP contribution in [0.2, 0.25) is 0 Å². The van der Waals surface area contributed by atoms with Gasteiger partial charge in [0.25, 0.3) is 0 Å². The number of rotatable bonds is 15. The zero-order chi connectivity index (χ0) is 40.9. The number of ether oxygens (including phenoxy) is 1. The van der Waals surface area contributed by atoms with Gasteiger partial charge in [-0.3, -0.25) is 0 Å². The van der Waals surface area contributed by atoms with Gasteiger partial charge >= 0.3 is 0 Å². The molecule has 0 unspecified atom stereocenters. The molecule has 0 saturated carbocycles. The van der Waals surface area contributed by atoms with E-state index < -0.39 is 14.3 Å². The van der Waals surface area contributed by atoms with Crippen molar-refractivity contribution in [1.82, 2.24) is 9.13 Å². The first-order valence-electron chi connectivity index (χ1n) is 20.7. The Hall–Kier alpha value is -6.19. The fraction of sp³-hybridized carbons (Fsp3) is 0.135. The van der Waals surface area contributed by atoms with Gasteiger partial charge in [0, 0.05) is 54.4 Å². The number of hydrogen-bond acceptors (Lipinski definition) is 3. The van der Waals surface area contributed by atoms with Gasteiger partial charge in [0.05, 0.1) is 31.2 Å². The molecule has 2 aromatic heterocycles. The van der Waals surface area contributed by atoms with Crippen LogP contribution in [-0.4, -0.2) is 15.7 Å². The average molecular weight is 825 g/mol. The third-order valence-corrected chi connectivity index (χ3v) is 17.5. The van der Waals surface area contributed by atoms with Crippen molar-refractivity contribution in [3.05, 3.63) is 201 Å². The molecule has 0 N–H and O–H groups in total. The van der Waals surface area contributed by atoms with Crippen molar-refractivity contribution in [1.29, 1.82) is 0 Å². The molecular weight excluding hydrogens is 777 g/mol. The molecule has 9 aromatic rings. The Morgan fingerprint density at radius 1 is 0.500 bits per heavy atom. The maximum atomic E-state index is 15.7. The van der Waals surface area contributed by atoms with Crippen molar-refractivity contribution < 1.29 is 18.4 Å². The fourth-order valence-electron chi connectivity index (χ4n) is 8.40. The van der Waals surface area contributed by atoms with Crippen LogP contribution in [0.25, 0.3) is 27.5 Å². The first-order chi connectivity index (χ1) is 29.4. The van der Waals surface area contributed by atoms with Crippen LogP contribution < -0.4 is 41.1 Å². The molecule has 298 valence electrons. The van der Waals surface area contributed by atoms with E-state index in [2.05, 4.69) is 68.8 Å². The summed E-state index contributed by atoms with van der Waals surface area (Å²) in [5, 5.41) is 6.45. The molecule has 0 aliphatic carbocycles. The Kier molecular flexibility index (Phi) is 11.3. The molecule has 0 aliphatic heterocycles. The molecule has 60 heavy (non-hydrogen) atoms. The second-order valence-electron chi connectivity index (χ2n) is 15.4. The Morgan fingerprint density at radius 3 is 1.45 bits per heavy atom. The minimum absolute atomic E-state index is 0.643. The van der Waals surface area contributed by atoms with E-state index in [0.717, 1.165) is 97.3 Å². The van der Waals surface area contributed by atoms with Gasteiger partial charge in [-0.05, 0) is 74.2 Å². The van der Waals surface area contributed by atoms with Crippen LogP contribution in [0.1, 0.15) is 25.7 Å². The van der Waals surface area contributed by atoms with Crippen LogP contribution in [-0.2, 0) is 22.7 Å². The van der Waals surface area contributed by atoms with Crippen LogP contribution in [0.4, 0.5) is 0 Å². The number of hydrogen-bond donors (Lipinski definition) is 0. The Labute approximate surface area is 352 Å². The molecule has 0 amide bonds. The Balaban J connectivity index is 1.14. The van der Waals surface area contributed by atoms with Gasteiger partial charge in [0.15, 0.2) is 14.3 Å². The number of benzene rings is 7. The fourth-order valence-corrected chi connectivity index (χ4v) is 13.7. The lowest BCUT2D eigenvalue weighted by atomic mass is 10.1. The third-order valence-electron chi connectivity index (χ3n) is 11.4. The molecule has 9 rings (SSSR count). The molecule has 6 nitrogen and oxygen atoms in total. The number of fused-ring (bicyclic) bond motifs is 3. The van der Waals surface area contributed by atoms with Crippen LogP contribution >= 0.6 is 14.3 Å². The van der Waals surface area contributed by atoms with Crippen molar-refractivity contribution in [3.8, 4) is 11.4 Å². The third kappa shape index (κ3) is 7.58. The van der Waals surface area contributed by atoms with Crippen LogP contribution in [0.5, 0.6) is 5.75 Å². The summed E-state index contributed by atoms with van der Waals surface area (Å²) in [4.78, 5) is 0. The molecule has 0 radical (unpaired) electrons. The number of aryl methyl sites for hydroxylation is 2. The molecule has 0 bridgehead atoms. The predicted molar refractivity (Wildman–Crippen MR) is 249 cm³/mol. The predicted octanol–water partition coefficient (Wildman–Crippen LogP) is 9.33. The number of imidazole rings is 1. The summed E-state index contributed by atoms with van der Waals surface area (Å²) >= 11 is 0. The lowest BCUT2D eigenvalue weighted by Crippen LogP contribution is -2.25. The van der Waals surface area contributed by atoms with Crippen molar-refractivity contribution in [3.63, 3.8) is 0 Å². The zero-order valence-corrected chi connectivity index (χ0v) is 35.5. The molecule has 0 atom stereocenters. The summed E-state index contributed by atoms with van der Waals surface area (Å²) in [5.74, 6) is 0.811. The Morgan fingerprint density at radius 2 is 0.983 bits per heavy atom. The molecule has 8 heteroatoms. The summed E-state index contributed by atoms with van der Waals surface area (Å²) in [6.45, 7) is 1.67. The van der Waals surface area contributed by atoms with Gasteiger partial charge in [0.1, 0.15) is 18.1 Å². The average Bonchev–Trinajstić information content (AvgIpc) is 3.88. The minimum Gasteiger partial charge on any atom is -0.494 e. The lowest BCUT2D eigenvalue weighted by molar-refractivity contribution is -0.671. The summed E-state index contributed by atoms with van der Waals surface area (Å²) in [6.07, 6.45) is 10.7. The van der Waals surface area contributed by atoms with Crippen LogP contribution in [0.15, 0.2) is 201 Å². The highest BCUT2D eigenvalue weighted by molar-refractivity contribution is 7.85. The van der Waals surface area contributed by atoms with Crippen molar-refractivity contribution in [2.24, 2.45) is 7.05 Å². The van der Waals surface area contributed by atoms with E-state index in [9.17, 15) is 0 Å². The summed E-state index contributed by atoms with van der Waals surface area (Å²) in [6, 6.07) is 59.8. The second kappa shape index (κ2) is 17.2. The van der Waals surface area contributed by atoms with Crippen molar-refractivity contribution in [2.45, 2.75) is 32.2 Å². The standard InChI is InChI=1S/C52H48N3O3P2/c1-53-34-35-54(40-53)33-16-2-3-17-36-58-42-20-18-19-41(37-42)55-51-31-29-47(59(56,43-21-8-4-9-22-43)44-23-10-5-11-24-44)38-49(51)50-39-48(30-32-52(50)55)60(57,45-25-12-6-13-26-45)46-27-14-7-15-28-46/h4-15,18-32,34-35,37-40H,2-3,16-17,33,36H2,1H3/q+1. The molecule has 0 spiro atoms. The number of aromatic nitrogens is 3. The van der Waals surface area contributed by atoms with E-state index in [1.165, 1.54) is 0 Å². The highest BCUT2D eigenvalue weighted by Gasteiger charge is 2.32. The molecule has 0 saturated heterocycles. The maximum absolute atomic E-state index is 15.7. The first kappa shape index (κ1) is 39.3. The van der Waals surface area contributed by atoms with Crippen LogP contribution in [0, 0.1) is 0 Å². The minimum atomic E-state index is -3.29. The quantitative estimate of drug-likeness (QED) is 0.0589. The van der Waals surface area contributed by atoms with E-state index in [1.54, 1.807) is 0 Å². The molecule has 2 heterocycles.